The Labute approximate surface area is 192 Å². The third-order valence-corrected chi connectivity index (χ3v) is 6.25. The quantitative estimate of drug-likeness (QED) is 0.475. The monoisotopic (exact) mass is 454 g/mol. The molecule has 5 nitrogen and oxygen atoms in total. The SMILES string of the molecule is COc1ccc(C=C2SC(=S)N(NC(=O)C(C)c3ccc(CC(C)C)cc3)C2=O)cc1. The number of amides is 2. The molecule has 0 aliphatic carbocycles. The molecule has 1 atom stereocenters. The van der Waals surface area contributed by atoms with E-state index in [9.17, 15) is 9.59 Å². The van der Waals surface area contributed by atoms with Gasteiger partial charge in [-0.1, -0.05) is 62.0 Å². The van der Waals surface area contributed by atoms with Crippen LogP contribution in [0.15, 0.2) is 53.4 Å². The van der Waals surface area contributed by atoms with E-state index in [2.05, 4.69) is 31.4 Å². The molecule has 0 saturated carbocycles. The number of nitrogens with zero attached hydrogens (tertiary/aromatic N) is 1. The standard InChI is InChI=1S/C24H26N2O3S2/c1-15(2)13-17-5-9-19(10-6-17)16(3)22(27)25-26-23(28)21(31-24(26)30)14-18-7-11-20(29-4)12-8-18/h5-12,14-16H,13H2,1-4H3,(H,25,27). The number of rotatable bonds is 7. The first-order chi connectivity index (χ1) is 14.8. The van der Waals surface area contributed by atoms with Gasteiger partial charge in [0.2, 0.25) is 5.91 Å². The van der Waals surface area contributed by atoms with Gasteiger partial charge in [-0.2, -0.15) is 5.01 Å². The molecule has 31 heavy (non-hydrogen) atoms. The van der Waals surface area contributed by atoms with Crippen molar-refractivity contribution in [2.24, 2.45) is 5.92 Å². The van der Waals surface area contributed by atoms with Crippen LogP contribution in [0.4, 0.5) is 0 Å². The Balaban J connectivity index is 1.67. The fourth-order valence-electron chi connectivity index (χ4n) is 3.19. The molecule has 0 bridgehead atoms. The molecule has 1 N–H and O–H groups in total. The number of ether oxygens (including phenoxy) is 1. The number of hydrogen-bond acceptors (Lipinski definition) is 5. The minimum absolute atomic E-state index is 0.279. The van der Waals surface area contributed by atoms with Crippen molar-refractivity contribution in [3.05, 3.63) is 70.1 Å². The van der Waals surface area contributed by atoms with Crippen molar-refractivity contribution in [3.63, 3.8) is 0 Å². The average molecular weight is 455 g/mol. The molecule has 0 spiro atoms. The zero-order chi connectivity index (χ0) is 22.5. The van der Waals surface area contributed by atoms with E-state index in [-0.39, 0.29) is 11.8 Å². The first-order valence-corrected chi connectivity index (χ1v) is 11.3. The van der Waals surface area contributed by atoms with E-state index in [1.54, 1.807) is 13.2 Å². The molecule has 162 valence electrons. The van der Waals surface area contributed by atoms with Gasteiger partial charge in [-0.3, -0.25) is 15.0 Å². The number of nitrogens with one attached hydrogen (secondary N) is 1. The summed E-state index contributed by atoms with van der Waals surface area (Å²) in [5.74, 6) is 0.287. The number of methoxy groups -OCH3 is 1. The number of carbonyl (C=O) groups is 2. The fraction of sp³-hybridized carbons (Fsp3) is 0.292. The van der Waals surface area contributed by atoms with Crippen molar-refractivity contribution < 1.29 is 14.3 Å². The second kappa shape index (κ2) is 10.1. The summed E-state index contributed by atoms with van der Waals surface area (Å²) in [6.07, 6.45) is 2.75. The first kappa shape index (κ1) is 23.0. The summed E-state index contributed by atoms with van der Waals surface area (Å²) >= 11 is 6.49. The molecule has 1 unspecified atom stereocenters. The second-order valence-electron chi connectivity index (χ2n) is 7.83. The highest BCUT2D eigenvalue weighted by Gasteiger charge is 2.34. The maximum Gasteiger partial charge on any atom is 0.285 e. The molecular formula is C24H26N2O3S2. The fourth-order valence-corrected chi connectivity index (χ4v) is 4.37. The van der Waals surface area contributed by atoms with E-state index in [0.717, 1.165) is 28.3 Å². The number of hydrogen-bond donors (Lipinski definition) is 1. The third kappa shape index (κ3) is 5.74. The lowest BCUT2D eigenvalue weighted by atomic mass is 9.96. The molecule has 2 aromatic rings. The number of benzene rings is 2. The number of thiocarbonyl (C=S) groups is 1. The van der Waals surface area contributed by atoms with Crippen molar-refractivity contribution in [3.8, 4) is 5.75 Å². The highest BCUT2D eigenvalue weighted by molar-refractivity contribution is 8.26. The van der Waals surface area contributed by atoms with E-state index in [1.807, 2.05) is 43.3 Å². The van der Waals surface area contributed by atoms with Gasteiger partial charge in [0.05, 0.1) is 17.9 Å². The van der Waals surface area contributed by atoms with Crippen LogP contribution in [0.5, 0.6) is 5.75 Å². The molecule has 0 radical (unpaired) electrons. The predicted octanol–water partition coefficient (Wildman–Crippen LogP) is 4.93. The lowest BCUT2D eigenvalue weighted by Crippen LogP contribution is -2.46. The van der Waals surface area contributed by atoms with Crippen LogP contribution < -0.4 is 10.2 Å². The van der Waals surface area contributed by atoms with E-state index in [4.69, 9.17) is 17.0 Å². The number of carbonyl (C=O) groups excluding carboxylic acids is 2. The molecular weight excluding hydrogens is 428 g/mol. The molecule has 2 amide bonds. The summed E-state index contributed by atoms with van der Waals surface area (Å²) in [6, 6.07) is 15.4. The summed E-state index contributed by atoms with van der Waals surface area (Å²) in [5.41, 5.74) is 5.66. The Morgan fingerprint density at radius 2 is 1.77 bits per heavy atom. The van der Waals surface area contributed by atoms with Crippen LogP contribution >= 0.6 is 24.0 Å². The molecule has 0 aromatic heterocycles. The Bertz CT molecular complexity index is 998. The predicted molar refractivity (Wildman–Crippen MR) is 130 cm³/mol. The maximum absolute atomic E-state index is 12.8. The number of thioether (sulfide) groups is 1. The molecule has 2 aromatic carbocycles. The van der Waals surface area contributed by atoms with E-state index >= 15 is 0 Å². The highest BCUT2D eigenvalue weighted by atomic mass is 32.2. The van der Waals surface area contributed by atoms with Crippen molar-refractivity contribution in [2.75, 3.05) is 7.11 Å². The van der Waals surface area contributed by atoms with Gasteiger partial charge in [0.15, 0.2) is 4.32 Å². The average Bonchev–Trinajstić information content (AvgIpc) is 3.01. The minimum atomic E-state index is -0.414. The molecule has 1 fully saturated rings. The lowest BCUT2D eigenvalue weighted by Gasteiger charge is -2.19. The van der Waals surface area contributed by atoms with Crippen LogP contribution in [-0.2, 0) is 16.0 Å². The van der Waals surface area contributed by atoms with Crippen LogP contribution in [0.3, 0.4) is 0 Å². The zero-order valence-electron chi connectivity index (χ0n) is 18.0. The van der Waals surface area contributed by atoms with Crippen LogP contribution in [0.25, 0.3) is 6.08 Å². The van der Waals surface area contributed by atoms with Gasteiger partial charge in [-0.15, -0.1) is 0 Å². The highest BCUT2D eigenvalue weighted by Crippen LogP contribution is 2.32. The van der Waals surface area contributed by atoms with Gasteiger partial charge < -0.3 is 4.74 Å². The molecule has 1 aliphatic heterocycles. The van der Waals surface area contributed by atoms with Gasteiger partial charge in [0.25, 0.3) is 5.91 Å². The summed E-state index contributed by atoms with van der Waals surface area (Å²) in [5, 5.41) is 1.15. The van der Waals surface area contributed by atoms with Crippen molar-refractivity contribution >= 4 is 46.2 Å². The summed E-state index contributed by atoms with van der Waals surface area (Å²) in [4.78, 5) is 26.0. The van der Waals surface area contributed by atoms with Gasteiger partial charge in [-0.25, -0.2) is 0 Å². The molecule has 7 heteroatoms. The summed E-state index contributed by atoms with van der Waals surface area (Å²) in [7, 11) is 1.60. The van der Waals surface area contributed by atoms with Gasteiger partial charge >= 0.3 is 0 Å². The molecule has 3 rings (SSSR count). The van der Waals surface area contributed by atoms with Crippen molar-refractivity contribution in [2.45, 2.75) is 33.1 Å². The maximum atomic E-state index is 12.8. The minimum Gasteiger partial charge on any atom is -0.497 e. The first-order valence-electron chi connectivity index (χ1n) is 10.1. The van der Waals surface area contributed by atoms with Crippen LogP contribution in [0.1, 0.15) is 43.4 Å². The topological polar surface area (TPSA) is 58.6 Å². The van der Waals surface area contributed by atoms with Gasteiger partial charge in [0.1, 0.15) is 5.75 Å². The Hall–Kier alpha value is -2.64. The smallest absolute Gasteiger partial charge is 0.285 e. The summed E-state index contributed by atoms with van der Waals surface area (Å²) in [6.45, 7) is 6.17. The van der Waals surface area contributed by atoms with Gasteiger partial charge in [-0.05, 0) is 66.4 Å². The molecule has 1 aliphatic rings. The summed E-state index contributed by atoms with van der Waals surface area (Å²) < 4.78 is 5.45. The van der Waals surface area contributed by atoms with Crippen molar-refractivity contribution in [1.29, 1.82) is 0 Å². The Kier molecular flexibility index (Phi) is 7.51. The second-order valence-corrected chi connectivity index (χ2v) is 9.50. The van der Waals surface area contributed by atoms with E-state index < -0.39 is 5.92 Å². The van der Waals surface area contributed by atoms with E-state index in [0.29, 0.717) is 15.1 Å². The van der Waals surface area contributed by atoms with Crippen LogP contribution in [0.2, 0.25) is 0 Å². The largest absolute Gasteiger partial charge is 0.497 e. The van der Waals surface area contributed by atoms with Crippen LogP contribution in [-0.4, -0.2) is 28.3 Å². The number of hydrazine groups is 1. The van der Waals surface area contributed by atoms with Crippen LogP contribution in [0, 0.1) is 5.92 Å². The lowest BCUT2D eigenvalue weighted by molar-refractivity contribution is -0.133. The molecule has 1 heterocycles. The Morgan fingerprint density at radius 3 is 2.35 bits per heavy atom. The normalized spacial score (nSPS) is 16.2. The zero-order valence-corrected chi connectivity index (χ0v) is 19.7. The van der Waals surface area contributed by atoms with Gasteiger partial charge in [0, 0.05) is 0 Å². The van der Waals surface area contributed by atoms with E-state index in [1.165, 1.54) is 17.3 Å². The van der Waals surface area contributed by atoms with Crippen molar-refractivity contribution in [1.82, 2.24) is 10.4 Å². The molecule has 1 saturated heterocycles. The Morgan fingerprint density at radius 1 is 1.13 bits per heavy atom. The third-order valence-electron chi connectivity index (χ3n) is 4.95.